The van der Waals surface area contributed by atoms with E-state index in [1.54, 1.807) is 0 Å². The fraction of sp³-hybridized carbons (Fsp3) is 0.375. The first-order chi connectivity index (χ1) is 20.6. The standard InChI is InChI=1S/C32H36N2O9/c1-32(2,21-41-31(40)43-34-26(35)18-19-27(34)36)28(37)29(38)33-20-10-9-15-24(33)30(39)42-25(23-13-7-4-8-14-23)17-16-22-11-5-3-6-12-22/h3-8,11-14,18-19,24-25,35-36H,9-10,15-17,20-21H2,1-2H3/t24-,25+/m0/s1. The summed E-state index contributed by atoms with van der Waals surface area (Å²) in [6.07, 6.45) is 1.03. The summed E-state index contributed by atoms with van der Waals surface area (Å²) < 4.78 is 11.5. The molecule has 2 atom stereocenters. The summed E-state index contributed by atoms with van der Waals surface area (Å²) in [6, 6.07) is 20.5. The van der Waals surface area contributed by atoms with Gasteiger partial charge >= 0.3 is 12.1 Å². The molecule has 0 bridgehead atoms. The molecule has 43 heavy (non-hydrogen) atoms. The van der Waals surface area contributed by atoms with Crippen LogP contribution in [0, 0.1) is 5.41 Å². The first-order valence-electron chi connectivity index (χ1n) is 14.2. The third-order valence-electron chi connectivity index (χ3n) is 7.33. The zero-order valence-corrected chi connectivity index (χ0v) is 24.2. The van der Waals surface area contributed by atoms with Crippen LogP contribution in [-0.2, 0) is 30.3 Å². The van der Waals surface area contributed by atoms with E-state index in [0.717, 1.165) is 23.3 Å². The Hall–Kier alpha value is -4.80. The molecule has 0 radical (unpaired) electrons. The van der Waals surface area contributed by atoms with Gasteiger partial charge < -0.3 is 24.6 Å². The molecule has 2 heterocycles. The van der Waals surface area contributed by atoms with Crippen LogP contribution in [0.2, 0.25) is 0 Å². The summed E-state index contributed by atoms with van der Waals surface area (Å²) in [5, 5.41) is 19.2. The molecular weight excluding hydrogens is 556 g/mol. The molecule has 2 N–H and O–H groups in total. The molecule has 4 rings (SSSR count). The third-order valence-corrected chi connectivity index (χ3v) is 7.33. The number of rotatable bonds is 11. The normalized spacial score (nSPS) is 15.8. The van der Waals surface area contributed by atoms with Crippen LogP contribution in [0.15, 0.2) is 72.8 Å². The zero-order chi connectivity index (χ0) is 31.0. The molecule has 1 aliphatic heterocycles. The fourth-order valence-corrected chi connectivity index (χ4v) is 4.86. The Bertz CT molecular complexity index is 1400. The topological polar surface area (TPSA) is 145 Å². The van der Waals surface area contributed by atoms with E-state index in [-0.39, 0.29) is 6.54 Å². The van der Waals surface area contributed by atoms with Crippen LogP contribution >= 0.6 is 0 Å². The van der Waals surface area contributed by atoms with Crippen molar-refractivity contribution in [1.82, 2.24) is 9.63 Å². The van der Waals surface area contributed by atoms with Crippen molar-refractivity contribution in [1.29, 1.82) is 0 Å². The Morgan fingerprint density at radius 2 is 1.53 bits per heavy atom. The largest absolute Gasteiger partial charge is 0.534 e. The van der Waals surface area contributed by atoms with Gasteiger partial charge in [0.15, 0.2) is 0 Å². The second kappa shape index (κ2) is 13.9. The van der Waals surface area contributed by atoms with Crippen LogP contribution in [-0.4, -0.2) is 62.9 Å². The van der Waals surface area contributed by atoms with Crippen LogP contribution in [0.3, 0.4) is 0 Å². The summed E-state index contributed by atoms with van der Waals surface area (Å²) >= 11 is 0. The Balaban J connectivity index is 1.41. The average Bonchev–Trinajstić information content (AvgIpc) is 3.34. The molecule has 3 aromatic rings. The molecule has 1 aliphatic rings. The van der Waals surface area contributed by atoms with Gasteiger partial charge in [-0.1, -0.05) is 60.7 Å². The van der Waals surface area contributed by atoms with Gasteiger partial charge in [0.05, 0.1) is 5.41 Å². The number of aromatic nitrogens is 1. The summed E-state index contributed by atoms with van der Waals surface area (Å²) in [4.78, 5) is 58.4. The van der Waals surface area contributed by atoms with Gasteiger partial charge in [0.25, 0.3) is 5.91 Å². The van der Waals surface area contributed by atoms with E-state index in [1.807, 2.05) is 60.7 Å². The molecule has 0 spiro atoms. The second-order valence-corrected chi connectivity index (χ2v) is 11.1. The highest BCUT2D eigenvalue weighted by atomic mass is 16.8. The average molecular weight is 593 g/mol. The highest BCUT2D eigenvalue weighted by Crippen LogP contribution is 2.28. The van der Waals surface area contributed by atoms with E-state index >= 15 is 0 Å². The van der Waals surface area contributed by atoms with Gasteiger partial charge in [-0.2, -0.15) is 0 Å². The lowest BCUT2D eigenvalue weighted by molar-refractivity contribution is -0.165. The van der Waals surface area contributed by atoms with Gasteiger partial charge in [-0.25, -0.2) is 9.59 Å². The Morgan fingerprint density at radius 1 is 0.907 bits per heavy atom. The number of esters is 1. The van der Waals surface area contributed by atoms with E-state index in [1.165, 1.54) is 18.7 Å². The number of hydrogen-bond donors (Lipinski definition) is 2. The molecular formula is C32H36N2O9. The van der Waals surface area contributed by atoms with Crippen molar-refractivity contribution in [2.45, 2.75) is 58.1 Å². The monoisotopic (exact) mass is 592 g/mol. The maximum Gasteiger partial charge on any atom is 0.534 e. The molecule has 1 aromatic heterocycles. The summed E-state index contributed by atoms with van der Waals surface area (Å²) in [7, 11) is 0. The number of nitrogens with zero attached hydrogens (tertiary/aromatic N) is 2. The molecule has 0 aliphatic carbocycles. The summed E-state index contributed by atoms with van der Waals surface area (Å²) in [5.41, 5.74) is 0.475. The molecule has 1 saturated heterocycles. The summed E-state index contributed by atoms with van der Waals surface area (Å²) in [6.45, 7) is 2.53. The maximum absolute atomic E-state index is 13.5. The fourth-order valence-electron chi connectivity index (χ4n) is 4.86. The van der Waals surface area contributed by atoms with Crippen molar-refractivity contribution < 1.29 is 43.7 Å². The number of aromatic hydroxyl groups is 2. The second-order valence-electron chi connectivity index (χ2n) is 11.1. The van der Waals surface area contributed by atoms with Crippen molar-refractivity contribution >= 4 is 23.8 Å². The molecule has 0 unspecified atom stereocenters. The van der Waals surface area contributed by atoms with Gasteiger partial charge in [-0.3, -0.25) is 14.4 Å². The number of piperidine rings is 1. The predicted octanol–water partition coefficient (Wildman–Crippen LogP) is 4.36. The molecule has 228 valence electrons. The number of benzene rings is 2. The molecule has 11 heteroatoms. The maximum atomic E-state index is 13.5. The molecule has 2 aromatic carbocycles. The van der Waals surface area contributed by atoms with Gasteiger partial charge in [0.2, 0.25) is 17.5 Å². The van der Waals surface area contributed by atoms with Gasteiger partial charge in [0, 0.05) is 18.7 Å². The van der Waals surface area contributed by atoms with Crippen molar-refractivity contribution in [2.75, 3.05) is 13.2 Å². The number of hydrogen-bond acceptors (Lipinski definition) is 9. The number of carbonyl (C=O) groups excluding carboxylic acids is 4. The number of ketones is 1. The molecule has 11 nitrogen and oxygen atoms in total. The summed E-state index contributed by atoms with van der Waals surface area (Å²) in [5.74, 6) is -3.39. The van der Waals surface area contributed by atoms with Crippen LogP contribution in [0.25, 0.3) is 0 Å². The number of amides is 1. The highest BCUT2D eigenvalue weighted by molar-refractivity contribution is 6.38. The first-order valence-corrected chi connectivity index (χ1v) is 14.2. The van der Waals surface area contributed by atoms with Crippen LogP contribution in [0.1, 0.15) is 56.8 Å². The molecule has 1 fully saturated rings. The number of likely N-dealkylation sites (tertiary alicyclic amines) is 1. The Labute approximate surface area is 249 Å². The predicted molar refractivity (Wildman–Crippen MR) is 154 cm³/mol. The lowest BCUT2D eigenvalue weighted by atomic mass is 9.87. The van der Waals surface area contributed by atoms with Gasteiger partial charge in [-0.05, 0) is 57.1 Å². The quantitative estimate of drug-likeness (QED) is 0.245. The lowest BCUT2D eigenvalue weighted by Crippen LogP contribution is -2.54. The number of Topliss-reactive ketones (excluding diaryl/α,β-unsaturated/α-hetero) is 1. The SMILES string of the molecule is CC(C)(COC(=O)On1c(O)ccc1O)C(=O)C(=O)N1CCCC[C@H]1C(=O)O[C@H](CCc1ccccc1)c1ccccc1. The number of aryl methyl sites for hydroxylation is 1. The minimum Gasteiger partial charge on any atom is -0.492 e. The van der Waals surface area contributed by atoms with E-state index in [9.17, 15) is 29.4 Å². The highest BCUT2D eigenvalue weighted by Gasteiger charge is 2.42. The van der Waals surface area contributed by atoms with Crippen LogP contribution < -0.4 is 4.84 Å². The Morgan fingerprint density at radius 3 is 2.19 bits per heavy atom. The van der Waals surface area contributed by atoms with E-state index < -0.39 is 59.7 Å². The van der Waals surface area contributed by atoms with Crippen molar-refractivity contribution in [2.24, 2.45) is 5.41 Å². The lowest BCUT2D eigenvalue weighted by Gasteiger charge is -2.36. The molecule has 0 saturated carbocycles. The van der Waals surface area contributed by atoms with Gasteiger partial charge in [-0.15, -0.1) is 4.73 Å². The van der Waals surface area contributed by atoms with Crippen LogP contribution in [0.4, 0.5) is 4.79 Å². The number of ether oxygens (including phenoxy) is 2. The zero-order valence-electron chi connectivity index (χ0n) is 24.2. The van der Waals surface area contributed by atoms with Crippen molar-refractivity contribution in [3.63, 3.8) is 0 Å². The van der Waals surface area contributed by atoms with Crippen LogP contribution in [0.5, 0.6) is 11.8 Å². The molecule has 1 amide bonds. The minimum atomic E-state index is -1.47. The van der Waals surface area contributed by atoms with Crippen molar-refractivity contribution in [3.05, 3.63) is 83.9 Å². The minimum absolute atomic E-state index is 0.204. The first kappa shape index (κ1) is 31.1. The van der Waals surface area contributed by atoms with E-state index in [4.69, 9.17) is 14.3 Å². The third kappa shape index (κ3) is 7.94. The van der Waals surface area contributed by atoms with Crippen molar-refractivity contribution in [3.8, 4) is 11.8 Å². The number of carbonyl (C=O) groups is 4. The van der Waals surface area contributed by atoms with E-state index in [0.29, 0.717) is 36.8 Å². The Kier molecular flexibility index (Phi) is 10.1. The van der Waals surface area contributed by atoms with E-state index in [2.05, 4.69) is 0 Å². The van der Waals surface area contributed by atoms with Gasteiger partial charge in [0.1, 0.15) is 18.8 Å². The smallest absolute Gasteiger partial charge is 0.492 e.